The van der Waals surface area contributed by atoms with Gasteiger partial charge >= 0.3 is 5.78 Å². The van der Waals surface area contributed by atoms with Crippen LogP contribution in [0.2, 0.25) is 0 Å². The summed E-state index contributed by atoms with van der Waals surface area (Å²) in [6, 6.07) is 14.7. The lowest BCUT2D eigenvalue weighted by Gasteiger charge is -2.22. The number of rotatable bonds is 6. The Kier molecular flexibility index (Phi) is 5.09. The molecule has 0 aliphatic carbocycles. The highest BCUT2D eigenvalue weighted by molar-refractivity contribution is 5.77. The Balaban J connectivity index is 1.55. The Hall–Kier alpha value is -2.99. The number of nitrogens with one attached hydrogen (secondary N) is 2. The highest BCUT2D eigenvalue weighted by atomic mass is 16.5. The third-order valence-corrected chi connectivity index (χ3v) is 6.36. The number of H-pyrrole nitrogens is 1. The average Bonchev–Trinajstić information content (AvgIpc) is 3.36. The molecule has 1 fully saturated rings. The van der Waals surface area contributed by atoms with E-state index in [0.717, 1.165) is 35.1 Å². The van der Waals surface area contributed by atoms with Crippen LogP contribution < -0.4 is 18.9 Å². The Bertz CT molecular complexity index is 1170. The fourth-order valence-electron chi connectivity index (χ4n) is 4.74. The molecule has 5 rings (SSSR count). The molecule has 0 bridgehead atoms. The summed E-state index contributed by atoms with van der Waals surface area (Å²) in [4.78, 5) is 5.39. The molecular weight excluding hydrogens is 376 g/mol. The molecule has 2 N–H and O–H groups in total. The highest BCUT2D eigenvalue weighted by Gasteiger charge is 2.23. The van der Waals surface area contributed by atoms with Crippen LogP contribution in [0.3, 0.4) is 0 Å². The van der Waals surface area contributed by atoms with Crippen molar-refractivity contribution in [2.24, 2.45) is 0 Å². The molecule has 4 aromatic rings. The Morgan fingerprint density at radius 1 is 1.00 bits per heavy atom. The molecule has 0 saturated carbocycles. The monoisotopic (exact) mass is 406 g/mol. The smallest absolute Gasteiger partial charge is 0.368 e. The van der Waals surface area contributed by atoms with E-state index in [2.05, 4.69) is 50.5 Å². The molecule has 0 amide bonds. The normalized spacial score (nSPS) is 15.1. The number of benzene rings is 2. The minimum Gasteiger partial charge on any atom is -0.493 e. The maximum Gasteiger partial charge on any atom is 0.368 e. The van der Waals surface area contributed by atoms with Gasteiger partial charge in [0.25, 0.3) is 0 Å². The lowest BCUT2D eigenvalue weighted by Crippen LogP contribution is -3.13. The minimum atomic E-state index is 0.737. The van der Waals surface area contributed by atoms with Crippen molar-refractivity contribution in [1.82, 2.24) is 9.38 Å². The summed E-state index contributed by atoms with van der Waals surface area (Å²) in [5.74, 6) is 2.60. The number of hydrogen-bond donors (Lipinski definition) is 2. The minimum absolute atomic E-state index is 0.737. The van der Waals surface area contributed by atoms with E-state index in [1.54, 1.807) is 19.1 Å². The van der Waals surface area contributed by atoms with E-state index in [0.29, 0.717) is 0 Å². The van der Waals surface area contributed by atoms with Gasteiger partial charge in [0.05, 0.1) is 27.3 Å². The van der Waals surface area contributed by atoms with Gasteiger partial charge in [-0.1, -0.05) is 12.1 Å². The van der Waals surface area contributed by atoms with Gasteiger partial charge in [-0.2, -0.15) is 4.40 Å². The van der Waals surface area contributed by atoms with Crippen molar-refractivity contribution in [2.45, 2.75) is 25.8 Å². The number of piperidine rings is 1. The summed E-state index contributed by atoms with van der Waals surface area (Å²) in [6.07, 6.45) is 6.29. The van der Waals surface area contributed by atoms with E-state index in [1.807, 2.05) is 12.1 Å². The fraction of sp³-hybridized carbons (Fsp3) is 0.375. The van der Waals surface area contributed by atoms with E-state index >= 15 is 0 Å². The van der Waals surface area contributed by atoms with E-state index in [1.165, 1.54) is 49.9 Å². The van der Waals surface area contributed by atoms with Crippen molar-refractivity contribution in [3.63, 3.8) is 0 Å². The maximum atomic E-state index is 5.50. The second-order valence-electron chi connectivity index (χ2n) is 8.13. The fourth-order valence-corrected chi connectivity index (χ4v) is 4.74. The van der Waals surface area contributed by atoms with Crippen LogP contribution >= 0.6 is 0 Å². The number of para-hydroxylation sites is 2. The number of aromatic nitrogens is 3. The molecule has 1 aliphatic heterocycles. The lowest BCUT2D eigenvalue weighted by molar-refractivity contribution is -0.920. The third kappa shape index (κ3) is 3.31. The zero-order valence-corrected chi connectivity index (χ0v) is 17.8. The van der Waals surface area contributed by atoms with Gasteiger partial charge in [-0.05, 0) is 49.6 Å². The predicted octanol–water partition coefficient (Wildman–Crippen LogP) is 2.46. The molecule has 1 aliphatic rings. The molecule has 3 heterocycles. The van der Waals surface area contributed by atoms with Crippen LogP contribution in [0.15, 0.2) is 48.7 Å². The quantitative estimate of drug-likeness (QED) is 0.483. The molecule has 0 radical (unpaired) electrons. The molecule has 156 valence electrons. The molecule has 0 atom stereocenters. The summed E-state index contributed by atoms with van der Waals surface area (Å²) in [7, 11) is 3.34. The van der Waals surface area contributed by atoms with Gasteiger partial charge in [0, 0.05) is 5.56 Å². The third-order valence-electron chi connectivity index (χ3n) is 6.36. The number of methoxy groups -OCH3 is 2. The lowest BCUT2D eigenvalue weighted by atomic mass is 10.1. The maximum absolute atomic E-state index is 5.50. The predicted molar refractivity (Wildman–Crippen MR) is 117 cm³/mol. The zero-order chi connectivity index (χ0) is 20.5. The molecule has 0 spiro atoms. The summed E-state index contributed by atoms with van der Waals surface area (Å²) in [5.41, 5.74) is 4.65. The Labute approximate surface area is 176 Å². The van der Waals surface area contributed by atoms with Crippen LogP contribution in [0.5, 0.6) is 11.5 Å². The van der Waals surface area contributed by atoms with Gasteiger partial charge in [-0.15, -0.1) is 0 Å². The molecule has 6 nitrogen and oxygen atoms in total. The van der Waals surface area contributed by atoms with Crippen LogP contribution in [-0.2, 0) is 6.54 Å². The standard InChI is InChI=1S/C24H28N4O2/c1-29-22-11-10-18(16-23(22)30-2)19-17-28-21-9-5-4-8-20(21)27(24(28)25-19)15-14-26-12-6-3-7-13-26/h4-5,8-11,16-17H,3,6-7,12-15H2,1-2H3/p+2. The van der Waals surface area contributed by atoms with E-state index in [-0.39, 0.29) is 0 Å². The molecule has 2 aromatic heterocycles. The molecule has 0 unspecified atom stereocenters. The van der Waals surface area contributed by atoms with Crippen molar-refractivity contribution in [1.29, 1.82) is 0 Å². The number of ether oxygens (including phenoxy) is 2. The molecule has 1 saturated heterocycles. The van der Waals surface area contributed by atoms with Crippen molar-refractivity contribution >= 4 is 16.8 Å². The van der Waals surface area contributed by atoms with Gasteiger partial charge in [-0.25, -0.2) is 9.55 Å². The number of fused-ring (bicyclic) bond motifs is 3. The van der Waals surface area contributed by atoms with Crippen LogP contribution in [0.4, 0.5) is 0 Å². The number of nitrogens with zero attached hydrogens (tertiary/aromatic N) is 2. The van der Waals surface area contributed by atoms with Gasteiger partial charge < -0.3 is 14.4 Å². The van der Waals surface area contributed by atoms with Gasteiger partial charge in [-0.3, -0.25) is 0 Å². The Morgan fingerprint density at radius 2 is 1.80 bits per heavy atom. The first kappa shape index (κ1) is 19.0. The van der Waals surface area contributed by atoms with Crippen LogP contribution in [0, 0.1) is 0 Å². The highest BCUT2D eigenvalue weighted by Crippen LogP contribution is 2.32. The van der Waals surface area contributed by atoms with Gasteiger partial charge in [0.1, 0.15) is 36.0 Å². The first-order valence-corrected chi connectivity index (χ1v) is 10.9. The van der Waals surface area contributed by atoms with Crippen LogP contribution in [0.25, 0.3) is 28.1 Å². The van der Waals surface area contributed by atoms with Gasteiger partial charge in [0.2, 0.25) is 0 Å². The average molecular weight is 407 g/mol. The van der Waals surface area contributed by atoms with Crippen molar-refractivity contribution < 1.29 is 18.9 Å². The summed E-state index contributed by atoms with van der Waals surface area (Å²) >= 11 is 0. The van der Waals surface area contributed by atoms with Crippen LogP contribution in [0.1, 0.15) is 19.3 Å². The zero-order valence-electron chi connectivity index (χ0n) is 17.8. The van der Waals surface area contributed by atoms with Crippen molar-refractivity contribution in [2.75, 3.05) is 33.9 Å². The second-order valence-corrected chi connectivity index (χ2v) is 8.13. The number of hydrogen-bond acceptors (Lipinski definition) is 2. The largest absolute Gasteiger partial charge is 0.493 e. The first-order valence-electron chi connectivity index (χ1n) is 10.9. The SMILES string of the molecule is COc1ccc(-c2cn3c4ccccc4[n+](CC[NH+]4CCCCC4)c3[nH]2)cc1OC. The molecule has 30 heavy (non-hydrogen) atoms. The molecular formula is C24H30N4O2+2. The number of likely N-dealkylation sites (tertiary alicyclic amines) is 1. The van der Waals surface area contributed by atoms with Crippen molar-refractivity contribution in [3.8, 4) is 22.8 Å². The van der Waals surface area contributed by atoms with Crippen molar-refractivity contribution in [3.05, 3.63) is 48.7 Å². The number of quaternary nitrogens is 1. The second kappa shape index (κ2) is 8.03. The topological polar surface area (TPSA) is 47.0 Å². The van der Waals surface area contributed by atoms with Crippen LogP contribution in [-0.4, -0.2) is 43.2 Å². The van der Waals surface area contributed by atoms with Gasteiger partial charge in [0.15, 0.2) is 11.5 Å². The van der Waals surface area contributed by atoms with E-state index < -0.39 is 0 Å². The summed E-state index contributed by atoms with van der Waals surface area (Å²) in [5, 5.41) is 0. The summed E-state index contributed by atoms with van der Waals surface area (Å²) in [6.45, 7) is 4.78. The number of aromatic amines is 1. The molecule has 6 heteroatoms. The van der Waals surface area contributed by atoms with E-state index in [4.69, 9.17) is 9.47 Å². The molecule has 2 aromatic carbocycles. The number of imidazole rings is 2. The Morgan fingerprint density at radius 3 is 2.60 bits per heavy atom. The van der Waals surface area contributed by atoms with E-state index in [9.17, 15) is 0 Å². The first-order chi connectivity index (χ1) is 14.8. The summed E-state index contributed by atoms with van der Waals surface area (Å²) < 4.78 is 15.6.